The summed E-state index contributed by atoms with van der Waals surface area (Å²) in [4.78, 5) is 14.6. The van der Waals surface area contributed by atoms with Crippen LogP contribution in [0.4, 0.5) is 0 Å². The van der Waals surface area contributed by atoms with E-state index in [9.17, 15) is 4.79 Å². The van der Waals surface area contributed by atoms with E-state index < -0.39 is 0 Å². The van der Waals surface area contributed by atoms with Gasteiger partial charge >= 0.3 is 0 Å². The molecule has 1 aliphatic heterocycles. The number of piperazine rings is 1. The van der Waals surface area contributed by atoms with E-state index in [0.29, 0.717) is 5.91 Å². The molecule has 0 spiro atoms. The Balaban J connectivity index is 0.0000122. The average Bonchev–Trinajstić information content (AvgIpc) is 2.85. The molecule has 3 nitrogen and oxygen atoms in total. The fourth-order valence-corrected chi connectivity index (χ4v) is 5.56. The highest BCUT2D eigenvalue weighted by Gasteiger charge is 2.29. The summed E-state index contributed by atoms with van der Waals surface area (Å²) in [6, 6.07) is 0. The van der Waals surface area contributed by atoms with Gasteiger partial charge in [-0.05, 0) is 12.5 Å². The molecule has 0 aromatic carbocycles. The van der Waals surface area contributed by atoms with Crippen LogP contribution in [0.25, 0.3) is 0 Å². The maximum absolute atomic E-state index is 12.5. The number of carbonyl (C=O) groups excluding carboxylic acids is 1. The predicted octanol–water partition coefficient (Wildman–Crippen LogP) is 6.07. The molecular formula is C32H63BrN2O. The second-order valence-corrected chi connectivity index (χ2v) is 11.7. The normalized spacial score (nSPS) is 15.0. The summed E-state index contributed by atoms with van der Waals surface area (Å²) in [6.07, 6.45) is 32.2. The molecule has 4 heteroatoms. The second-order valence-electron chi connectivity index (χ2n) is 11.7. The minimum absolute atomic E-state index is 0. The number of quaternary nitrogens is 1. The summed E-state index contributed by atoms with van der Waals surface area (Å²) in [7, 11) is 2.28. The van der Waals surface area contributed by atoms with Gasteiger partial charge in [0.05, 0.1) is 39.8 Å². The number of hydrogen-bond acceptors (Lipinski definition) is 1. The highest BCUT2D eigenvalue weighted by atomic mass is 79.9. The van der Waals surface area contributed by atoms with Gasteiger partial charge in [-0.1, -0.05) is 142 Å². The minimum Gasteiger partial charge on any atom is -1.00 e. The van der Waals surface area contributed by atoms with Gasteiger partial charge in [-0.25, -0.2) is 0 Å². The van der Waals surface area contributed by atoms with E-state index in [2.05, 4.69) is 25.5 Å². The maximum atomic E-state index is 12.5. The lowest BCUT2D eigenvalue weighted by atomic mass is 10.0. The summed E-state index contributed by atoms with van der Waals surface area (Å²) >= 11 is 0. The van der Waals surface area contributed by atoms with Gasteiger partial charge in [-0.2, -0.15) is 0 Å². The van der Waals surface area contributed by atoms with Crippen molar-refractivity contribution in [1.82, 2.24) is 4.90 Å². The van der Waals surface area contributed by atoms with Crippen molar-refractivity contribution >= 4 is 5.91 Å². The molecular weight excluding hydrogens is 508 g/mol. The van der Waals surface area contributed by atoms with Gasteiger partial charge in [-0.3, -0.25) is 4.79 Å². The number of rotatable bonds is 24. The first kappa shape index (κ1) is 35.6. The third-order valence-electron chi connectivity index (χ3n) is 8.24. The van der Waals surface area contributed by atoms with E-state index >= 15 is 0 Å². The van der Waals surface area contributed by atoms with Crippen molar-refractivity contribution in [2.24, 2.45) is 0 Å². The third-order valence-corrected chi connectivity index (χ3v) is 8.24. The van der Waals surface area contributed by atoms with Gasteiger partial charge in [0.2, 0.25) is 5.91 Å². The number of amides is 1. The van der Waals surface area contributed by atoms with Gasteiger partial charge < -0.3 is 26.4 Å². The van der Waals surface area contributed by atoms with Crippen molar-refractivity contribution < 1.29 is 26.3 Å². The molecule has 1 rings (SSSR count). The molecule has 0 aromatic heterocycles. The van der Waals surface area contributed by atoms with E-state index in [1.807, 2.05) is 6.08 Å². The van der Waals surface area contributed by atoms with Gasteiger partial charge in [0.25, 0.3) is 0 Å². The van der Waals surface area contributed by atoms with E-state index in [1.165, 1.54) is 128 Å². The number of likely N-dealkylation sites (N-methyl/N-ethyl adjacent to an activating group) is 1. The molecule has 0 bridgehead atoms. The van der Waals surface area contributed by atoms with Gasteiger partial charge in [0, 0.05) is 6.42 Å². The summed E-state index contributed by atoms with van der Waals surface area (Å²) in [6.45, 7) is 11.2. The summed E-state index contributed by atoms with van der Waals surface area (Å²) in [5.41, 5.74) is 0. The van der Waals surface area contributed by atoms with Crippen LogP contribution in [0.2, 0.25) is 0 Å². The number of hydrogen-bond donors (Lipinski definition) is 0. The van der Waals surface area contributed by atoms with Crippen molar-refractivity contribution in [1.29, 1.82) is 0 Å². The van der Waals surface area contributed by atoms with Crippen LogP contribution >= 0.6 is 0 Å². The largest absolute Gasteiger partial charge is 1.00 e. The van der Waals surface area contributed by atoms with E-state index in [4.69, 9.17) is 0 Å². The van der Waals surface area contributed by atoms with Crippen LogP contribution in [0.3, 0.4) is 0 Å². The molecule has 0 saturated carbocycles. The van der Waals surface area contributed by atoms with E-state index in [-0.39, 0.29) is 17.0 Å². The number of unbranched alkanes of at least 4 members (excludes halogenated alkanes) is 20. The molecule has 0 N–H and O–H groups in total. The molecule has 1 fully saturated rings. The first-order valence-corrected chi connectivity index (χ1v) is 15.8. The molecule has 0 aromatic rings. The van der Waals surface area contributed by atoms with E-state index in [1.54, 1.807) is 0 Å². The zero-order valence-corrected chi connectivity index (χ0v) is 26.1. The van der Waals surface area contributed by atoms with Crippen LogP contribution in [0.15, 0.2) is 12.7 Å². The number of carbonyl (C=O) groups is 1. The molecule has 0 unspecified atom stereocenters. The van der Waals surface area contributed by atoms with E-state index in [0.717, 1.165) is 50.0 Å². The Hall–Kier alpha value is -0.350. The number of nitrogens with zero attached hydrogens (tertiary/aromatic N) is 2. The smallest absolute Gasteiger partial charge is 0.222 e. The van der Waals surface area contributed by atoms with Crippen LogP contribution in [-0.4, -0.2) is 55.1 Å². The quantitative estimate of drug-likeness (QED) is 0.0783. The Morgan fingerprint density at radius 1 is 0.667 bits per heavy atom. The first-order valence-electron chi connectivity index (χ1n) is 15.8. The molecule has 0 aliphatic carbocycles. The summed E-state index contributed by atoms with van der Waals surface area (Å²) < 4.78 is 1.03. The average molecular weight is 572 g/mol. The molecule has 36 heavy (non-hydrogen) atoms. The van der Waals surface area contributed by atoms with Crippen molar-refractivity contribution in [3.8, 4) is 0 Å². The molecule has 1 heterocycles. The van der Waals surface area contributed by atoms with Crippen LogP contribution in [0, 0.1) is 0 Å². The highest BCUT2D eigenvalue weighted by Crippen LogP contribution is 2.16. The lowest BCUT2D eigenvalue weighted by molar-refractivity contribution is -0.907. The zero-order valence-electron chi connectivity index (χ0n) is 24.6. The monoisotopic (exact) mass is 570 g/mol. The van der Waals surface area contributed by atoms with Crippen molar-refractivity contribution in [3.63, 3.8) is 0 Å². The zero-order chi connectivity index (χ0) is 25.5. The van der Waals surface area contributed by atoms with Gasteiger partial charge in [0.15, 0.2) is 0 Å². The first-order chi connectivity index (χ1) is 17.1. The van der Waals surface area contributed by atoms with Gasteiger partial charge in [-0.15, -0.1) is 0 Å². The summed E-state index contributed by atoms with van der Waals surface area (Å²) in [5, 5.41) is 0. The van der Waals surface area contributed by atoms with Crippen LogP contribution < -0.4 is 17.0 Å². The fraction of sp³-hybridized carbons (Fsp3) is 0.906. The Bertz CT molecular complexity index is 502. The van der Waals surface area contributed by atoms with Crippen molar-refractivity contribution in [2.75, 3.05) is 39.8 Å². The van der Waals surface area contributed by atoms with Crippen molar-refractivity contribution in [2.45, 2.75) is 148 Å². The predicted molar refractivity (Wildman–Crippen MR) is 155 cm³/mol. The Morgan fingerprint density at radius 3 is 1.33 bits per heavy atom. The lowest BCUT2D eigenvalue weighted by Gasteiger charge is -2.41. The fourth-order valence-electron chi connectivity index (χ4n) is 5.56. The standard InChI is InChI=1S/C32H63N2O.BrH/c1-4-6-7-8-9-10-11-12-13-14-15-16-17-18-19-20-21-22-23-24-25-26-32(35)33-27-30-34(3,29-5-2)31-28-33;/h5H,2,4,6-31H2,1,3H3;1H/q+1;/p-1. The molecule has 0 radical (unpaired) electrons. The Labute approximate surface area is 237 Å². The molecule has 1 aliphatic rings. The van der Waals surface area contributed by atoms with Crippen LogP contribution in [-0.2, 0) is 4.79 Å². The molecule has 0 atom stereocenters. The highest BCUT2D eigenvalue weighted by molar-refractivity contribution is 5.76. The molecule has 1 amide bonds. The summed E-state index contributed by atoms with van der Waals surface area (Å²) in [5.74, 6) is 0.382. The van der Waals surface area contributed by atoms with Crippen molar-refractivity contribution in [3.05, 3.63) is 12.7 Å². The third kappa shape index (κ3) is 19.7. The SMILES string of the molecule is C=CC[N+]1(C)CCN(C(=O)CCCCCCCCCCCCCCCCCCCCCCC)CC1.[Br-]. The Kier molecular flexibility index (Phi) is 24.7. The Morgan fingerprint density at radius 2 is 1.00 bits per heavy atom. The lowest BCUT2D eigenvalue weighted by Crippen LogP contribution is -3.00. The topological polar surface area (TPSA) is 20.3 Å². The number of halogens is 1. The molecule has 1 saturated heterocycles. The van der Waals surface area contributed by atoms with Crippen LogP contribution in [0.5, 0.6) is 0 Å². The maximum Gasteiger partial charge on any atom is 0.222 e. The minimum atomic E-state index is 0. The van der Waals surface area contributed by atoms with Crippen LogP contribution in [0.1, 0.15) is 148 Å². The second kappa shape index (κ2) is 25.0. The molecule has 214 valence electrons. The van der Waals surface area contributed by atoms with Gasteiger partial charge in [0.1, 0.15) is 0 Å².